The second-order valence-corrected chi connectivity index (χ2v) is 12.5. The van der Waals surface area contributed by atoms with Gasteiger partial charge in [0.05, 0.1) is 0 Å². The number of hydrogen-bond donors (Lipinski definition) is 0. The van der Waals surface area contributed by atoms with Gasteiger partial charge in [0, 0.05) is 8.80 Å². The summed E-state index contributed by atoms with van der Waals surface area (Å²) in [5.74, 6) is 2.20. The predicted molar refractivity (Wildman–Crippen MR) is 112 cm³/mol. The van der Waals surface area contributed by atoms with Crippen molar-refractivity contribution < 1.29 is 17.9 Å². The lowest BCUT2D eigenvalue weighted by Gasteiger charge is -2.37. The van der Waals surface area contributed by atoms with Gasteiger partial charge in [0.15, 0.2) is 0 Å². The van der Waals surface area contributed by atoms with Gasteiger partial charge in [-0.15, -0.1) is 13.2 Å². The van der Waals surface area contributed by atoms with Crippen molar-refractivity contribution in [1.29, 1.82) is 0 Å². The van der Waals surface area contributed by atoms with Crippen LogP contribution in [0.1, 0.15) is 76.2 Å². The largest absolute Gasteiger partial charge is 0.573 e. The van der Waals surface area contributed by atoms with Crippen LogP contribution in [-0.2, 0) is 0 Å². The van der Waals surface area contributed by atoms with Crippen molar-refractivity contribution in [1.82, 2.24) is 0 Å². The zero-order valence-electron chi connectivity index (χ0n) is 17.1. The number of unbranched alkanes of at least 4 members (excludes halogenated alkanes) is 2. The van der Waals surface area contributed by atoms with Gasteiger partial charge in [-0.3, -0.25) is 0 Å². The van der Waals surface area contributed by atoms with Crippen LogP contribution < -0.4 is 4.74 Å². The Morgan fingerprint density at radius 3 is 2.07 bits per heavy atom. The fourth-order valence-corrected chi connectivity index (χ4v) is 9.03. The third kappa shape index (κ3) is 6.53. The van der Waals surface area contributed by atoms with E-state index in [0.717, 1.165) is 11.8 Å². The summed E-state index contributed by atoms with van der Waals surface area (Å²) < 4.78 is 40.9. The van der Waals surface area contributed by atoms with Crippen molar-refractivity contribution in [2.45, 2.75) is 95.1 Å². The van der Waals surface area contributed by atoms with Gasteiger partial charge in [0.2, 0.25) is 0 Å². The maximum absolute atomic E-state index is 12.3. The highest BCUT2D eigenvalue weighted by molar-refractivity contribution is 6.58. The molecule has 0 unspecified atom stereocenters. The van der Waals surface area contributed by atoms with Gasteiger partial charge in [-0.2, -0.15) is 0 Å². The van der Waals surface area contributed by atoms with Crippen LogP contribution in [0.25, 0.3) is 0 Å². The molecule has 0 aromatic heterocycles. The van der Waals surface area contributed by atoms with Gasteiger partial charge in [-0.1, -0.05) is 69.3 Å². The van der Waals surface area contributed by atoms with E-state index in [2.05, 4.69) is 11.7 Å². The van der Waals surface area contributed by atoms with Crippen molar-refractivity contribution in [3.05, 3.63) is 29.8 Å². The third-order valence-electron chi connectivity index (χ3n) is 7.13. The van der Waals surface area contributed by atoms with E-state index < -0.39 is 15.2 Å². The van der Waals surface area contributed by atoms with Crippen LogP contribution in [0.4, 0.5) is 13.2 Å². The molecule has 1 saturated carbocycles. The van der Waals surface area contributed by atoms with Gasteiger partial charge in [-0.25, -0.2) is 0 Å². The second-order valence-electron chi connectivity index (χ2n) is 9.01. The summed E-state index contributed by atoms with van der Waals surface area (Å²) in [6, 6.07) is 11.3. The summed E-state index contributed by atoms with van der Waals surface area (Å²) in [6.07, 6.45) is 7.49. The molecule has 5 heteroatoms. The molecule has 1 aromatic carbocycles. The van der Waals surface area contributed by atoms with E-state index in [1.807, 2.05) is 12.1 Å². The minimum atomic E-state index is -4.61. The van der Waals surface area contributed by atoms with Crippen molar-refractivity contribution in [2.75, 3.05) is 0 Å². The Hall–Kier alpha value is -0.973. The fraction of sp³-hybridized carbons (Fsp3) is 0.739. The molecule has 2 aliphatic rings. The zero-order valence-corrected chi connectivity index (χ0v) is 18.3. The van der Waals surface area contributed by atoms with Crippen molar-refractivity contribution in [2.24, 2.45) is 11.8 Å². The first-order valence-electron chi connectivity index (χ1n) is 11.3. The molecule has 28 heavy (non-hydrogen) atoms. The normalized spacial score (nSPS) is 28.9. The fourth-order valence-electron chi connectivity index (χ4n) is 5.50. The van der Waals surface area contributed by atoms with E-state index in [4.69, 9.17) is 0 Å². The molecule has 1 aliphatic heterocycles. The molecule has 0 radical (unpaired) electrons. The van der Waals surface area contributed by atoms with Gasteiger partial charge in [-0.05, 0) is 61.1 Å². The van der Waals surface area contributed by atoms with Crippen molar-refractivity contribution in [3.63, 3.8) is 0 Å². The van der Waals surface area contributed by atoms with E-state index >= 15 is 0 Å². The standard InChI is InChI=1S/C23H35F3OSi/c1-2-3-4-15-28-16-13-21(14-17-28)19-7-5-18(6-8-19)20-9-11-22(12-10-20)27-23(24,25)26/h9-12,18-19,21,28H,2-8,13-17H2,1H3/t18?,19?,21-,28-. The molecule has 1 nitrogen and oxygen atoms in total. The Bertz CT molecular complexity index is 571. The molecule has 1 saturated heterocycles. The monoisotopic (exact) mass is 412 g/mol. The molecule has 158 valence electrons. The van der Waals surface area contributed by atoms with Crippen LogP contribution >= 0.6 is 0 Å². The minimum absolute atomic E-state index is 0.121. The second kappa shape index (κ2) is 10.2. The zero-order chi connectivity index (χ0) is 20.0. The van der Waals surface area contributed by atoms with Gasteiger partial charge in [0.1, 0.15) is 5.75 Å². The lowest BCUT2D eigenvalue weighted by molar-refractivity contribution is -0.274. The molecule has 0 bridgehead atoms. The van der Waals surface area contributed by atoms with E-state index in [9.17, 15) is 13.2 Å². The molecule has 0 spiro atoms. The molecular formula is C23H35F3OSi. The number of benzene rings is 1. The summed E-state index contributed by atoms with van der Waals surface area (Å²) in [7, 11) is -0.424. The number of ether oxygens (including phenoxy) is 1. The lowest BCUT2D eigenvalue weighted by atomic mass is 9.72. The number of alkyl halides is 3. The quantitative estimate of drug-likeness (QED) is 0.329. The first-order valence-corrected chi connectivity index (χ1v) is 13.7. The first-order chi connectivity index (χ1) is 13.4. The SMILES string of the molecule is CCCCC[Si@H]1CC[C@H](C2CCC(c3ccc(OC(F)(F)F)cc3)CC2)CC1. The molecule has 1 aromatic rings. The Morgan fingerprint density at radius 2 is 1.50 bits per heavy atom. The summed E-state index contributed by atoms with van der Waals surface area (Å²) >= 11 is 0. The van der Waals surface area contributed by atoms with Crippen LogP contribution in [0.5, 0.6) is 5.75 Å². The van der Waals surface area contributed by atoms with Crippen LogP contribution in [0.2, 0.25) is 18.1 Å². The van der Waals surface area contributed by atoms with Gasteiger partial charge < -0.3 is 4.74 Å². The Morgan fingerprint density at radius 1 is 0.893 bits per heavy atom. The van der Waals surface area contributed by atoms with E-state index in [0.29, 0.717) is 5.92 Å². The first kappa shape index (κ1) is 21.7. The van der Waals surface area contributed by atoms with Crippen LogP contribution in [-0.4, -0.2) is 15.2 Å². The number of halogens is 3. The molecular weight excluding hydrogens is 377 g/mol. The summed E-state index contributed by atoms with van der Waals surface area (Å²) in [6.45, 7) is 2.29. The molecule has 0 N–H and O–H groups in total. The van der Waals surface area contributed by atoms with E-state index in [-0.39, 0.29) is 5.75 Å². The van der Waals surface area contributed by atoms with E-state index in [1.165, 1.54) is 75.5 Å². The highest BCUT2D eigenvalue weighted by Crippen LogP contribution is 2.44. The Labute approximate surface area is 169 Å². The molecule has 0 amide bonds. The minimum Gasteiger partial charge on any atom is -0.406 e. The van der Waals surface area contributed by atoms with Gasteiger partial charge >= 0.3 is 6.36 Å². The maximum Gasteiger partial charge on any atom is 0.573 e. The van der Waals surface area contributed by atoms with Crippen LogP contribution in [0.3, 0.4) is 0 Å². The average molecular weight is 413 g/mol. The van der Waals surface area contributed by atoms with Crippen molar-refractivity contribution >= 4 is 8.80 Å². The van der Waals surface area contributed by atoms with E-state index in [1.54, 1.807) is 18.1 Å². The molecule has 1 aliphatic carbocycles. The summed E-state index contributed by atoms with van der Waals surface area (Å²) in [5, 5.41) is 0. The number of rotatable bonds is 7. The van der Waals surface area contributed by atoms with Crippen LogP contribution in [0.15, 0.2) is 24.3 Å². The number of hydrogen-bond acceptors (Lipinski definition) is 1. The molecule has 2 fully saturated rings. The highest BCUT2D eigenvalue weighted by atomic mass is 28.3. The average Bonchev–Trinajstić information content (AvgIpc) is 2.68. The lowest BCUT2D eigenvalue weighted by Crippen LogP contribution is -2.28. The maximum atomic E-state index is 12.3. The van der Waals surface area contributed by atoms with Gasteiger partial charge in [0.25, 0.3) is 0 Å². The Kier molecular flexibility index (Phi) is 7.90. The topological polar surface area (TPSA) is 9.23 Å². The smallest absolute Gasteiger partial charge is 0.406 e. The Balaban J connectivity index is 1.41. The predicted octanol–water partition coefficient (Wildman–Crippen LogP) is 7.69. The molecule has 0 atom stereocenters. The third-order valence-corrected chi connectivity index (χ3v) is 10.7. The van der Waals surface area contributed by atoms with Crippen molar-refractivity contribution in [3.8, 4) is 5.75 Å². The molecule has 3 rings (SSSR count). The molecule has 1 heterocycles. The van der Waals surface area contributed by atoms with Crippen LogP contribution in [0, 0.1) is 11.8 Å². The highest BCUT2D eigenvalue weighted by Gasteiger charge is 2.32. The summed E-state index contributed by atoms with van der Waals surface area (Å²) in [5.41, 5.74) is 1.17. The summed E-state index contributed by atoms with van der Waals surface area (Å²) in [4.78, 5) is 0.